The van der Waals surface area contributed by atoms with Crippen molar-refractivity contribution in [3.05, 3.63) is 16.4 Å². The molecule has 1 aromatic heterocycles. The lowest BCUT2D eigenvalue weighted by Gasteiger charge is -2.10. The number of carbonyl (C=O) groups excluding carboxylic acids is 1. The highest BCUT2D eigenvalue weighted by Crippen LogP contribution is 2.34. The zero-order chi connectivity index (χ0) is 11.7. The molecule has 0 bridgehead atoms. The van der Waals surface area contributed by atoms with Crippen LogP contribution in [0.25, 0.3) is 0 Å². The van der Waals surface area contributed by atoms with Gasteiger partial charge in [0.25, 0.3) is 0 Å². The normalized spacial score (nSPS) is 17.4. The van der Waals surface area contributed by atoms with E-state index in [4.69, 9.17) is 0 Å². The number of aryl methyl sites for hydroxylation is 1. The molecule has 1 aliphatic rings. The summed E-state index contributed by atoms with van der Waals surface area (Å²) >= 11 is 3.31. The fourth-order valence-electron chi connectivity index (χ4n) is 1.75. The Labute approximate surface area is 103 Å². The maximum absolute atomic E-state index is 12.1. The van der Waals surface area contributed by atoms with E-state index < -0.39 is 6.10 Å². The maximum Gasteiger partial charge on any atom is 0.210 e. The van der Waals surface area contributed by atoms with Gasteiger partial charge in [0.1, 0.15) is 11.8 Å². The number of Topliss-reactive ketones (excluding diaryl/α,β-unsaturated/α-hetero) is 1. The minimum absolute atomic E-state index is 0.157. The molecule has 0 saturated heterocycles. The van der Waals surface area contributed by atoms with Crippen LogP contribution in [0.2, 0.25) is 0 Å². The summed E-state index contributed by atoms with van der Waals surface area (Å²) in [7, 11) is 0. The molecule has 1 aromatic rings. The van der Waals surface area contributed by atoms with E-state index in [1.807, 2.05) is 6.92 Å². The minimum Gasteiger partial charge on any atom is -0.385 e. The summed E-state index contributed by atoms with van der Waals surface area (Å²) in [5.74, 6) is -0.0512. The zero-order valence-electron chi connectivity index (χ0n) is 9.19. The number of aromatic nitrogens is 2. The number of nitrogens with zero attached hydrogens (tertiary/aromatic N) is 2. The highest BCUT2D eigenvalue weighted by atomic mass is 79.9. The fraction of sp³-hybridized carbons (Fsp3) is 0.636. The number of aliphatic hydroxyl groups excluding tert-OH is 1. The second-order valence-corrected chi connectivity index (χ2v) is 5.07. The molecule has 0 aromatic carbocycles. The molecule has 1 fully saturated rings. The Morgan fingerprint density at radius 2 is 2.44 bits per heavy atom. The first-order valence-electron chi connectivity index (χ1n) is 5.58. The van der Waals surface area contributed by atoms with Crippen LogP contribution in [0, 0.1) is 5.92 Å². The lowest BCUT2D eigenvalue weighted by molar-refractivity contribution is 0.0691. The van der Waals surface area contributed by atoms with Gasteiger partial charge < -0.3 is 5.11 Å². The van der Waals surface area contributed by atoms with Crippen LogP contribution in [0.4, 0.5) is 0 Å². The maximum atomic E-state index is 12.1. The first-order chi connectivity index (χ1) is 7.65. The number of rotatable bonds is 5. The third-order valence-electron chi connectivity index (χ3n) is 2.80. The van der Waals surface area contributed by atoms with Crippen molar-refractivity contribution in [2.24, 2.45) is 5.92 Å². The molecule has 0 spiro atoms. The van der Waals surface area contributed by atoms with Gasteiger partial charge in [-0.2, -0.15) is 5.10 Å². The van der Waals surface area contributed by atoms with Crippen molar-refractivity contribution < 1.29 is 9.90 Å². The monoisotopic (exact) mass is 286 g/mol. The van der Waals surface area contributed by atoms with E-state index in [1.54, 1.807) is 10.9 Å². The van der Waals surface area contributed by atoms with Gasteiger partial charge in [0, 0.05) is 6.54 Å². The van der Waals surface area contributed by atoms with Gasteiger partial charge >= 0.3 is 0 Å². The van der Waals surface area contributed by atoms with E-state index in [2.05, 4.69) is 21.0 Å². The predicted octanol–water partition coefficient (Wildman–Crippen LogP) is 2.01. The minimum atomic E-state index is -0.858. The summed E-state index contributed by atoms with van der Waals surface area (Å²) in [5, 5.41) is 14.0. The Kier molecular flexibility index (Phi) is 3.44. The van der Waals surface area contributed by atoms with E-state index in [9.17, 15) is 9.90 Å². The van der Waals surface area contributed by atoms with E-state index in [0.717, 1.165) is 19.3 Å². The van der Waals surface area contributed by atoms with Gasteiger partial charge in [0.2, 0.25) is 5.78 Å². The molecule has 1 heterocycles. The summed E-state index contributed by atoms with van der Waals surface area (Å²) in [6, 6.07) is 0. The Morgan fingerprint density at radius 1 is 1.75 bits per heavy atom. The Hall–Kier alpha value is -0.680. The molecule has 2 rings (SSSR count). The number of aliphatic hydroxyl groups is 1. The van der Waals surface area contributed by atoms with E-state index in [0.29, 0.717) is 16.7 Å². The van der Waals surface area contributed by atoms with Crippen molar-refractivity contribution in [3.63, 3.8) is 0 Å². The third-order valence-corrected chi connectivity index (χ3v) is 3.38. The second-order valence-electron chi connectivity index (χ2n) is 4.21. The van der Waals surface area contributed by atoms with Gasteiger partial charge in [-0.15, -0.1) is 0 Å². The molecule has 0 amide bonds. The predicted molar refractivity (Wildman–Crippen MR) is 63.3 cm³/mol. The molecular weight excluding hydrogens is 272 g/mol. The number of ketones is 1. The molecule has 1 unspecified atom stereocenters. The second kappa shape index (κ2) is 4.67. The Bertz CT molecular complexity index is 399. The summed E-state index contributed by atoms with van der Waals surface area (Å²) < 4.78 is 2.34. The van der Waals surface area contributed by atoms with Gasteiger partial charge in [0.15, 0.2) is 0 Å². The van der Waals surface area contributed by atoms with Gasteiger partial charge in [-0.25, -0.2) is 0 Å². The van der Waals surface area contributed by atoms with Gasteiger partial charge in [0.05, 0.1) is 10.7 Å². The van der Waals surface area contributed by atoms with Crippen LogP contribution < -0.4 is 0 Å². The number of halogens is 1. The molecule has 1 aliphatic carbocycles. The van der Waals surface area contributed by atoms with Crippen LogP contribution in [-0.2, 0) is 6.54 Å². The first-order valence-corrected chi connectivity index (χ1v) is 6.38. The summed E-state index contributed by atoms with van der Waals surface area (Å²) in [6.07, 6.45) is 3.57. The molecule has 0 aliphatic heterocycles. The molecule has 1 N–H and O–H groups in total. The highest BCUT2D eigenvalue weighted by molar-refractivity contribution is 9.10. The van der Waals surface area contributed by atoms with Crippen LogP contribution in [0.15, 0.2) is 10.7 Å². The summed E-state index contributed by atoms with van der Waals surface area (Å²) in [5.41, 5.74) is 0.501. The van der Waals surface area contributed by atoms with Crippen LogP contribution in [-0.4, -0.2) is 26.8 Å². The van der Waals surface area contributed by atoms with Crippen LogP contribution >= 0.6 is 15.9 Å². The van der Waals surface area contributed by atoms with E-state index >= 15 is 0 Å². The molecule has 5 heteroatoms. The molecule has 88 valence electrons. The smallest absolute Gasteiger partial charge is 0.210 e. The topological polar surface area (TPSA) is 55.1 Å². The van der Waals surface area contributed by atoms with Crippen LogP contribution in [0.3, 0.4) is 0 Å². The third kappa shape index (κ3) is 2.20. The number of carbonyl (C=O) groups is 1. The molecule has 1 atom stereocenters. The largest absolute Gasteiger partial charge is 0.385 e. The Balaban J connectivity index is 2.23. The lowest BCUT2D eigenvalue weighted by Crippen LogP contribution is -2.26. The Morgan fingerprint density at radius 3 is 3.00 bits per heavy atom. The van der Waals surface area contributed by atoms with Crippen LogP contribution in [0.5, 0.6) is 0 Å². The fourth-order valence-corrected chi connectivity index (χ4v) is 2.25. The number of hydrogen-bond acceptors (Lipinski definition) is 3. The average Bonchev–Trinajstić information content (AvgIpc) is 3.04. The summed E-state index contributed by atoms with van der Waals surface area (Å²) in [4.78, 5) is 12.1. The summed E-state index contributed by atoms with van der Waals surface area (Å²) in [6.45, 7) is 2.73. The molecule has 1 saturated carbocycles. The quantitative estimate of drug-likeness (QED) is 0.843. The van der Waals surface area contributed by atoms with Crippen molar-refractivity contribution in [1.82, 2.24) is 9.78 Å². The van der Waals surface area contributed by atoms with Crippen molar-refractivity contribution in [3.8, 4) is 0 Å². The molecular formula is C11H15BrN2O2. The first kappa shape index (κ1) is 11.8. The molecule has 0 radical (unpaired) electrons. The van der Waals surface area contributed by atoms with Gasteiger partial charge in [-0.3, -0.25) is 9.48 Å². The van der Waals surface area contributed by atoms with Crippen molar-refractivity contribution >= 4 is 21.7 Å². The van der Waals surface area contributed by atoms with E-state index in [-0.39, 0.29) is 11.7 Å². The van der Waals surface area contributed by atoms with Gasteiger partial charge in [-0.1, -0.05) is 6.92 Å². The lowest BCUT2D eigenvalue weighted by atomic mass is 10.1. The van der Waals surface area contributed by atoms with Crippen LogP contribution in [0.1, 0.15) is 36.7 Å². The zero-order valence-corrected chi connectivity index (χ0v) is 10.8. The molecule has 16 heavy (non-hydrogen) atoms. The number of hydrogen-bond donors (Lipinski definition) is 1. The average molecular weight is 287 g/mol. The highest BCUT2D eigenvalue weighted by Gasteiger charge is 2.37. The van der Waals surface area contributed by atoms with Gasteiger partial charge in [-0.05, 0) is 41.1 Å². The van der Waals surface area contributed by atoms with Crippen molar-refractivity contribution in [1.29, 1.82) is 0 Å². The van der Waals surface area contributed by atoms with Crippen molar-refractivity contribution in [2.75, 3.05) is 0 Å². The standard InChI is InChI=1S/C11H15BrN2O2/c1-2-5-14-9(8(12)6-13-14)11(16)10(15)7-3-4-7/h6-7,10,15H,2-5H2,1H3. The SMILES string of the molecule is CCCn1ncc(Br)c1C(=O)C(O)C1CC1. The van der Waals surface area contributed by atoms with Crippen molar-refractivity contribution in [2.45, 2.75) is 38.8 Å². The molecule has 4 nitrogen and oxygen atoms in total. The van der Waals surface area contributed by atoms with E-state index in [1.165, 1.54) is 0 Å².